The topological polar surface area (TPSA) is 70.7 Å². The number of carbonyl (C=O) groups is 2. The van der Waals surface area contributed by atoms with Gasteiger partial charge in [0.05, 0.1) is 0 Å². The van der Waals surface area contributed by atoms with E-state index in [4.69, 9.17) is 4.74 Å². The maximum Gasteiger partial charge on any atom is 0.407 e. The predicted octanol–water partition coefficient (Wildman–Crippen LogP) is 1.42. The molecule has 6 heteroatoms. The van der Waals surface area contributed by atoms with Gasteiger partial charge in [-0.2, -0.15) is 0 Å². The van der Waals surface area contributed by atoms with Gasteiger partial charge in [0.2, 0.25) is 5.91 Å². The lowest BCUT2D eigenvalue weighted by atomic mass is 10.2. The number of alkyl carbamates (subject to hydrolysis) is 1. The van der Waals surface area contributed by atoms with Crippen LogP contribution in [0, 0.1) is 0 Å². The predicted molar refractivity (Wildman–Crippen MR) is 72.4 cm³/mol. The molecule has 1 fully saturated rings. The molecule has 0 spiro atoms. The summed E-state index contributed by atoms with van der Waals surface area (Å²) in [6.07, 6.45) is 1.76. The molecule has 0 aromatic heterocycles. The Balaban J connectivity index is 2.25. The Morgan fingerprint density at radius 3 is 2.79 bits per heavy atom. The summed E-state index contributed by atoms with van der Waals surface area (Å²) in [6, 6.07) is -0.0358. The van der Waals surface area contributed by atoms with Crippen LogP contribution in [0.3, 0.4) is 0 Å². The van der Waals surface area contributed by atoms with Crippen LogP contribution in [0.1, 0.15) is 47.0 Å². The van der Waals surface area contributed by atoms with Crippen molar-refractivity contribution in [3.8, 4) is 0 Å². The number of carbonyl (C=O) groups excluding carboxylic acids is 2. The molecule has 0 aromatic carbocycles. The monoisotopic (exact) mass is 271 g/mol. The summed E-state index contributed by atoms with van der Waals surface area (Å²) in [5, 5.41) is 4.40. The molecule has 1 heterocycles. The van der Waals surface area contributed by atoms with Crippen LogP contribution in [0.4, 0.5) is 4.79 Å². The molecule has 0 bridgehead atoms. The zero-order chi connectivity index (χ0) is 14.5. The van der Waals surface area contributed by atoms with Gasteiger partial charge in [-0.05, 0) is 40.5 Å². The molecule has 110 valence electrons. The second-order valence-electron chi connectivity index (χ2n) is 5.89. The maximum absolute atomic E-state index is 11.6. The van der Waals surface area contributed by atoms with Crippen molar-refractivity contribution in [1.82, 2.24) is 15.8 Å². The normalized spacial score (nSPS) is 18.1. The van der Waals surface area contributed by atoms with Crippen molar-refractivity contribution in [3.63, 3.8) is 0 Å². The summed E-state index contributed by atoms with van der Waals surface area (Å²) in [5.74, 6) is 0.121. The molecule has 19 heavy (non-hydrogen) atoms. The lowest BCUT2D eigenvalue weighted by Gasteiger charge is -2.29. The fraction of sp³-hybridized carbons (Fsp3) is 0.846. The van der Waals surface area contributed by atoms with Gasteiger partial charge < -0.3 is 10.1 Å². The molecule has 1 atom stereocenters. The molecule has 1 saturated heterocycles. The average Bonchev–Trinajstić information content (AvgIpc) is 2.25. The Morgan fingerprint density at radius 2 is 2.21 bits per heavy atom. The summed E-state index contributed by atoms with van der Waals surface area (Å²) in [4.78, 5) is 23.1. The summed E-state index contributed by atoms with van der Waals surface area (Å²) >= 11 is 0. The van der Waals surface area contributed by atoms with Crippen molar-refractivity contribution in [3.05, 3.63) is 0 Å². The standard InChI is InChI=1S/C13H25N3O3/c1-10(15-12(18)19-13(2,3)4)7-9-16-11(17)6-5-8-14-16/h10,14H,5-9H2,1-4H3,(H,15,18). The molecule has 0 radical (unpaired) electrons. The Kier molecular flexibility index (Phi) is 5.60. The number of hydrogen-bond donors (Lipinski definition) is 2. The van der Waals surface area contributed by atoms with Crippen LogP contribution in [0.5, 0.6) is 0 Å². The quantitative estimate of drug-likeness (QED) is 0.811. The van der Waals surface area contributed by atoms with E-state index >= 15 is 0 Å². The molecule has 1 aliphatic heterocycles. The molecule has 1 unspecified atom stereocenters. The third-order valence-corrected chi connectivity index (χ3v) is 2.72. The summed E-state index contributed by atoms with van der Waals surface area (Å²) in [6.45, 7) is 8.81. The first-order chi connectivity index (χ1) is 8.78. The highest BCUT2D eigenvalue weighted by atomic mass is 16.6. The number of hydrazine groups is 1. The lowest BCUT2D eigenvalue weighted by Crippen LogP contribution is -2.49. The van der Waals surface area contributed by atoms with Gasteiger partial charge >= 0.3 is 6.09 Å². The Labute approximate surface area is 114 Å². The minimum Gasteiger partial charge on any atom is -0.444 e. The Bertz CT molecular complexity index is 326. The zero-order valence-electron chi connectivity index (χ0n) is 12.3. The average molecular weight is 271 g/mol. The molecule has 6 nitrogen and oxygen atoms in total. The van der Waals surface area contributed by atoms with E-state index in [2.05, 4.69) is 10.7 Å². The van der Waals surface area contributed by atoms with E-state index in [9.17, 15) is 9.59 Å². The number of nitrogens with one attached hydrogen (secondary N) is 2. The minimum atomic E-state index is -0.492. The zero-order valence-corrected chi connectivity index (χ0v) is 12.3. The highest BCUT2D eigenvalue weighted by Crippen LogP contribution is 2.08. The lowest BCUT2D eigenvalue weighted by molar-refractivity contribution is -0.137. The fourth-order valence-corrected chi connectivity index (χ4v) is 1.78. The van der Waals surface area contributed by atoms with Gasteiger partial charge in [-0.1, -0.05) is 0 Å². The third kappa shape index (κ3) is 6.42. The smallest absolute Gasteiger partial charge is 0.407 e. The number of ether oxygens (including phenoxy) is 1. The molecule has 0 aliphatic carbocycles. The van der Waals surface area contributed by atoms with Gasteiger partial charge in [0.15, 0.2) is 0 Å². The van der Waals surface area contributed by atoms with Crippen LogP contribution in [0.15, 0.2) is 0 Å². The highest BCUT2D eigenvalue weighted by Gasteiger charge is 2.20. The van der Waals surface area contributed by atoms with Gasteiger partial charge in [0.25, 0.3) is 0 Å². The molecule has 2 amide bonds. The van der Waals surface area contributed by atoms with Crippen LogP contribution in [-0.2, 0) is 9.53 Å². The molecular weight excluding hydrogens is 246 g/mol. The second kappa shape index (κ2) is 6.75. The van der Waals surface area contributed by atoms with Crippen molar-refractivity contribution >= 4 is 12.0 Å². The molecular formula is C13H25N3O3. The highest BCUT2D eigenvalue weighted by molar-refractivity contribution is 5.76. The van der Waals surface area contributed by atoms with Gasteiger partial charge in [0, 0.05) is 25.6 Å². The van der Waals surface area contributed by atoms with Crippen molar-refractivity contribution in [2.75, 3.05) is 13.1 Å². The molecule has 1 aliphatic rings. The van der Waals surface area contributed by atoms with E-state index in [1.54, 1.807) is 5.01 Å². The largest absolute Gasteiger partial charge is 0.444 e. The fourth-order valence-electron chi connectivity index (χ4n) is 1.78. The number of rotatable bonds is 4. The SMILES string of the molecule is CC(CCN1NCCCC1=O)NC(=O)OC(C)(C)C. The molecule has 2 N–H and O–H groups in total. The van der Waals surface area contributed by atoms with Crippen molar-refractivity contribution in [2.45, 2.75) is 58.6 Å². The van der Waals surface area contributed by atoms with Crippen molar-refractivity contribution in [2.24, 2.45) is 0 Å². The van der Waals surface area contributed by atoms with Gasteiger partial charge in [-0.25, -0.2) is 10.2 Å². The minimum absolute atomic E-state index is 0.0358. The number of nitrogens with zero attached hydrogens (tertiary/aromatic N) is 1. The van der Waals surface area contributed by atoms with Gasteiger partial charge in [-0.3, -0.25) is 9.80 Å². The van der Waals surface area contributed by atoms with E-state index in [1.165, 1.54) is 0 Å². The summed E-state index contributed by atoms with van der Waals surface area (Å²) in [5.41, 5.74) is 2.56. The van der Waals surface area contributed by atoms with Crippen molar-refractivity contribution in [1.29, 1.82) is 0 Å². The van der Waals surface area contributed by atoms with E-state index in [-0.39, 0.29) is 11.9 Å². The summed E-state index contributed by atoms with van der Waals surface area (Å²) < 4.78 is 5.18. The first-order valence-corrected chi connectivity index (χ1v) is 6.81. The van der Waals surface area contributed by atoms with E-state index in [0.29, 0.717) is 19.4 Å². The van der Waals surface area contributed by atoms with Gasteiger partial charge in [0.1, 0.15) is 5.60 Å². The van der Waals surface area contributed by atoms with Crippen LogP contribution >= 0.6 is 0 Å². The van der Waals surface area contributed by atoms with Crippen LogP contribution in [0.2, 0.25) is 0 Å². The third-order valence-electron chi connectivity index (χ3n) is 2.72. The summed E-state index contributed by atoms with van der Waals surface area (Å²) in [7, 11) is 0. The Hall–Kier alpha value is -1.30. The van der Waals surface area contributed by atoms with E-state index in [0.717, 1.165) is 13.0 Å². The Morgan fingerprint density at radius 1 is 1.53 bits per heavy atom. The first-order valence-electron chi connectivity index (χ1n) is 6.81. The van der Waals surface area contributed by atoms with Crippen LogP contribution < -0.4 is 10.7 Å². The molecule has 0 aromatic rings. The maximum atomic E-state index is 11.6. The van der Waals surface area contributed by atoms with Crippen LogP contribution in [-0.4, -0.2) is 41.7 Å². The number of hydrogen-bond acceptors (Lipinski definition) is 4. The van der Waals surface area contributed by atoms with E-state index < -0.39 is 11.7 Å². The van der Waals surface area contributed by atoms with Crippen LogP contribution in [0.25, 0.3) is 0 Å². The second-order valence-corrected chi connectivity index (χ2v) is 5.89. The molecule has 0 saturated carbocycles. The molecule has 1 rings (SSSR count). The van der Waals surface area contributed by atoms with E-state index in [1.807, 2.05) is 27.7 Å². The first kappa shape index (κ1) is 15.8. The number of amides is 2. The van der Waals surface area contributed by atoms with Crippen molar-refractivity contribution < 1.29 is 14.3 Å². The van der Waals surface area contributed by atoms with Gasteiger partial charge in [-0.15, -0.1) is 0 Å².